The van der Waals surface area contributed by atoms with E-state index in [1.807, 2.05) is 80.6 Å². The number of nitrogens with zero attached hydrogens (tertiary/aromatic N) is 4. The minimum Gasteiger partial charge on any atom is -0.450 e. The summed E-state index contributed by atoms with van der Waals surface area (Å²) < 4.78 is 6.61. The lowest BCUT2D eigenvalue weighted by Crippen LogP contribution is -2.33. The Morgan fingerprint density at radius 3 is 2.19 bits per heavy atom. The number of nitrogens with one attached hydrogen (secondary N) is 1. The molecule has 156 valence electrons. The molecular weight excluding hydrogens is 394 g/mol. The molecule has 0 fully saturated rings. The van der Waals surface area contributed by atoms with Crippen LogP contribution in [0.15, 0.2) is 66.7 Å². The van der Waals surface area contributed by atoms with E-state index in [4.69, 9.17) is 4.74 Å². The van der Waals surface area contributed by atoms with Gasteiger partial charge in [-0.3, -0.25) is 4.79 Å². The topological polar surface area (TPSA) is 98.5 Å². The Hall–Kier alpha value is -4.07. The van der Waals surface area contributed by atoms with Crippen molar-refractivity contribution in [1.29, 1.82) is 0 Å². The molecule has 0 bridgehead atoms. The lowest BCUT2D eigenvalue weighted by atomic mass is 9.99. The average molecular weight is 415 g/mol. The second-order valence-electron chi connectivity index (χ2n) is 7.08. The van der Waals surface area contributed by atoms with E-state index in [0.29, 0.717) is 5.78 Å². The van der Waals surface area contributed by atoms with E-state index >= 15 is 0 Å². The Morgan fingerprint density at radius 1 is 0.968 bits per heavy atom. The number of carbonyl (C=O) groups is 2. The summed E-state index contributed by atoms with van der Waals surface area (Å²) in [7, 11) is 0. The molecule has 2 aromatic carbocycles. The Labute approximate surface area is 178 Å². The maximum absolute atomic E-state index is 12.6. The van der Waals surface area contributed by atoms with Gasteiger partial charge in [-0.15, -0.1) is 5.10 Å². The molecule has 0 spiro atoms. The van der Waals surface area contributed by atoms with Crippen LogP contribution in [0.2, 0.25) is 0 Å². The zero-order valence-corrected chi connectivity index (χ0v) is 17.1. The smallest absolute Gasteiger partial charge is 0.378 e. The van der Waals surface area contributed by atoms with Gasteiger partial charge in [0, 0.05) is 11.4 Å². The summed E-state index contributed by atoms with van der Waals surface area (Å²) in [5.41, 5.74) is 3.41. The molecule has 1 amide bonds. The Bertz CT molecular complexity index is 1180. The second-order valence-corrected chi connectivity index (χ2v) is 7.08. The third-order valence-corrected chi connectivity index (χ3v) is 4.71. The van der Waals surface area contributed by atoms with Gasteiger partial charge in [-0.2, -0.15) is 4.98 Å². The van der Waals surface area contributed by atoms with Crippen molar-refractivity contribution in [3.8, 4) is 0 Å². The summed E-state index contributed by atoms with van der Waals surface area (Å²) in [5, 5.41) is 7.05. The number of fused-ring (bicyclic) bond motifs is 1. The fraction of sp³-hybridized carbons (Fsp3) is 0.174. The molecule has 0 saturated carbocycles. The van der Waals surface area contributed by atoms with Crippen molar-refractivity contribution in [2.75, 3.05) is 6.61 Å². The first-order valence-electron chi connectivity index (χ1n) is 9.78. The van der Waals surface area contributed by atoms with Crippen molar-refractivity contribution in [3.63, 3.8) is 0 Å². The monoisotopic (exact) mass is 415 g/mol. The molecule has 2 aromatic heterocycles. The second kappa shape index (κ2) is 8.74. The number of carbonyl (C=O) groups excluding carboxylic acids is 2. The van der Waals surface area contributed by atoms with Crippen LogP contribution < -0.4 is 5.32 Å². The van der Waals surface area contributed by atoms with Crippen molar-refractivity contribution in [2.45, 2.75) is 19.9 Å². The Balaban J connectivity index is 1.45. The first kappa shape index (κ1) is 20.2. The van der Waals surface area contributed by atoms with Crippen LogP contribution in [0.4, 0.5) is 0 Å². The highest BCUT2D eigenvalue weighted by Crippen LogP contribution is 2.21. The van der Waals surface area contributed by atoms with E-state index in [2.05, 4.69) is 20.4 Å². The predicted octanol–water partition coefficient (Wildman–Crippen LogP) is 2.80. The number of amides is 1. The minimum absolute atomic E-state index is 0.142. The molecular formula is C23H21N5O3. The number of hydrogen-bond donors (Lipinski definition) is 1. The maximum atomic E-state index is 12.6. The summed E-state index contributed by atoms with van der Waals surface area (Å²) >= 11 is 0. The first-order chi connectivity index (χ1) is 15.0. The van der Waals surface area contributed by atoms with Crippen molar-refractivity contribution < 1.29 is 14.3 Å². The van der Waals surface area contributed by atoms with Gasteiger partial charge in [0.1, 0.15) is 0 Å². The SMILES string of the molecule is Cc1cc(C)n2nc(C(=O)OCC(=O)NC(c3ccccc3)c3ccccc3)nc2n1. The van der Waals surface area contributed by atoms with Crippen LogP contribution in [0, 0.1) is 13.8 Å². The van der Waals surface area contributed by atoms with Gasteiger partial charge in [0.2, 0.25) is 0 Å². The van der Waals surface area contributed by atoms with Crippen LogP contribution in [0.25, 0.3) is 5.78 Å². The summed E-state index contributed by atoms with van der Waals surface area (Å²) in [6.07, 6.45) is 0. The van der Waals surface area contributed by atoms with Gasteiger partial charge in [0.25, 0.3) is 17.5 Å². The summed E-state index contributed by atoms with van der Waals surface area (Å²) in [5.74, 6) is -1.05. The lowest BCUT2D eigenvalue weighted by Gasteiger charge is -2.19. The van der Waals surface area contributed by atoms with Gasteiger partial charge in [-0.25, -0.2) is 14.3 Å². The highest BCUT2D eigenvalue weighted by atomic mass is 16.5. The number of esters is 1. The van der Waals surface area contributed by atoms with E-state index in [-0.39, 0.29) is 11.9 Å². The number of benzene rings is 2. The number of ether oxygens (including phenoxy) is 1. The first-order valence-corrected chi connectivity index (χ1v) is 9.78. The fourth-order valence-corrected chi connectivity index (χ4v) is 3.30. The van der Waals surface area contributed by atoms with Gasteiger partial charge in [-0.05, 0) is 31.0 Å². The summed E-state index contributed by atoms with van der Waals surface area (Å²) in [4.78, 5) is 33.3. The minimum atomic E-state index is -0.784. The maximum Gasteiger partial charge on any atom is 0.378 e. The molecule has 0 radical (unpaired) electrons. The molecule has 0 aliphatic rings. The quantitative estimate of drug-likeness (QED) is 0.486. The standard InChI is InChI=1S/C23H21N5O3/c1-15-13-16(2)28-23(24-15)26-21(27-28)22(30)31-14-19(29)25-20(17-9-5-3-6-10-17)18-11-7-4-8-12-18/h3-13,20H,14H2,1-2H3,(H,25,29). The summed E-state index contributed by atoms with van der Waals surface area (Å²) in [6.45, 7) is 3.22. The van der Waals surface area contributed by atoms with Gasteiger partial charge >= 0.3 is 5.97 Å². The van der Waals surface area contributed by atoms with Gasteiger partial charge < -0.3 is 10.1 Å². The molecule has 0 aliphatic carbocycles. The number of aromatic nitrogens is 4. The van der Waals surface area contributed by atoms with E-state index in [9.17, 15) is 9.59 Å². The molecule has 2 heterocycles. The fourth-order valence-electron chi connectivity index (χ4n) is 3.30. The normalized spacial score (nSPS) is 10.9. The Kier molecular flexibility index (Phi) is 5.70. The van der Waals surface area contributed by atoms with E-state index in [1.165, 1.54) is 4.52 Å². The molecule has 4 aromatic rings. The van der Waals surface area contributed by atoms with Crippen LogP contribution in [-0.4, -0.2) is 38.1 Å². The van der Waals surface area contributed by atoms with E-state index < -0.39 is 18.5 Å². The van der Waals surface area contributed by atoms with Crippen LogP contribution in [0.1, 0.15) is 39.2 Å². The Morgan fingerprint density at radius 2 is 1.58 bits per heavy atom. The van der Waals surface area contributed by atoms with Crippen molar-refractivity contribution in [3.05, 3.63) is 95.1 Å². The molecule has 8 heteroatoms. The van der Waals surface area contributed by atoms with E-state index in [1.54, 1.807) is 0 Å². The third-order valence-electron chi connectivity index (χ3n) is 4.71. The van der Waals surface area contributed by atoms with Crippen LogP contribution in [-0.2, 0) is 9.53 Å². The molecule has 0 unspecified atom stereocenters. The largest absolute Gasteiger partial charge is 0.450 e. The molecule has 8 nitrogen and oxygen atoms in total. The van der Waals surface area contributed by atoms with E-state index in [0.717, 1.165) is 22.5 Å². The zero-order chi connectivity index (χ0) is 21.8. The molecule has 0 aliphatic heterocycles. The van der Waals surface area contributed by atoms with Crippen LogP contribution in [0.5, 0.6) is 0 Å². The van der Waals surface area contributed by atoms with Crippen LogP contribution in [0.3, 0.4) is 0 Å². The molecule has 0 atom stereocenters. The average Bonchev–Trinajstić information content (AvgIpc) is 3.21. The van der Waals surface area contributed by atoms with Gasteiger partial charge in [0.15, 0.2) is 6.61 Å². The zero-order valence-electron chi connectivity index (χ0n) is 17.1. The molecule has 31 heavy (non-hydrogen) atoms. The third kappa shape index (κ3) is 4.58. The van der Waals surface area contributed by atoms with Crippen molar-refractivity contribution in [1.82, 2.24) is 24.9 Å². The number of rotatable bonds is 6. The van der Waals surface area contributed by atoms with Crippen molar-refractivity contribution in [2.24, 2.45) is 0 Å². The van der Waals surface area contributed by atoms with Crippen LogP contribution >= 0.6 is 0 Å². The number of aryl methyl sites for hydroxylation is 2. The molecule has 4 rings (SSSR count). The van der Waals surface area contributed by atoms with Gasteiger partial charge in [-0.1, -0.05) is 60.7 Å². The predicted molar refractivity (Wildman–Crippen MR) is 113 cm³/mol. The number of hydrogen-bond acceptors (Lipinski definition) is 6. The highest BCUT2D eigenvalue weighted by molar-refractivity contribution is 5.88. The van der Waals surface area contributed by atoms with Gasteiger partial charge in [0.05, 0.1) is 6.04 Å². The summed E-state index contributed by atoms with van der Waals surface area (Å²) in [6, 6.07) is 20.6. The lowest BCUT2D eigenvalue weighted by molar-refractivity contribution is -0.124. The molecule has 1 N–H and O–H groups in total. The molecule has 0 saturated heterocycles. The highest BCUT2D eigenvalue weighted by Gasteiger charge is 2.20. The van der Waals surface area contributed by atoms with Crippen molar-refractivity contribution >= 4 is 17.7 Å².